The summed E-state index contributed by atoms with van der Waals surface area (Å²) < 4.78 is 0. The van der Waals surface area contributed by atoms with Gasteiger partial charge < -0.3 is 26.0 Å². The molecule has 9 nitrogen and oxygen atoms in total. The standard InChI is InChI=1S/C25H31ClN6O3S/c1-25(2,13-33)32-8-6-18-21(12-32)36-24(31-18)23(35)30-20-11-27-7-5-17(20)29-22(34)19-10-14-9-15(26)3-4-16(14)28-19/h3-4,9-10,17,20,27-28,33H,5-8,11-13H2,1-2H3,(H,29,34)(H,30,35)/t17-,20+/m0/s1. The number of H-pyrrole nitrogens is 1. The fourth-order valence-electron chi connectivity index (χ4n) is 4.79. The van der Waals surface area contributed by atoms with Crippen molar-refractivity contribution in [2.45, 2.75) is 50.9 Å². The van der Waals surface area contributed by atoms with Crippen LogP contribution in [-0.2, 0) is 13.0 Å². The minimum Gasteiger partial charge on any atom is -0.394 e. The number of aliphatic hydroxyl groups is 1. The summed E-state index contributed by atoms with van der Waals surface area (Å²) in [7, 11) is 0. The highest BCUT2D eigenvalue weighted by Crippen LogP contribution is 2.29. The van der Waals surface area contributed by atoms with Crippen molar-refractivity contribution in [1.82, 2.24) is 30.8 Å². The molecule has 5 N–H and O–H groups in total. The van der Waals surface area contributed by atoms with Crippen LogP contribution in [0.1, 0.15) is 51.1 Å². The fraction of sp³-hybridized carbons (Fsp3) is 0.480. The first-order valence-electron chi connectivity index (χ1n) is 12.2. The van der Waals surface area contributed by atoms with Crippen LogP contribution in [0.25, 0.3) is 10.9 Å². The maximum Gasteiger partial charge on any atom is 0.280 e. The van der Waals surface area contributed by atoms with Gasteiger partial charge in [0.25, 0.3) is 11.8 Å². The number of nitrogens with one attached hydrogen (secondary N) is 4. The van der Waals surface area contributed by atoms with E-state index in [1.807, 2.05) is 26.0 Å². The van der Waals surface area contributed by atoms with Gasteiger partial charge in [-0.2, -0.15) is 0 Å². The molecule has 192 valence electrons. The second kappa shape index (κ2) is 10.1. The van der Waals surface area contributed by atoms with E-state index in [1.54, 1.807) is 12.1 Å². The summed E-state index contributed by atoms with van der Waals surface area (Å²) in [6, 6.07) is 6.75. The summed E-state index contributed by atoms with van der Waals surface area (Å²) in [5.74, 6) is -0.444. The zero-order chi connectivity index (χ0) is 25.4. The molecular formula is C25H31ClN6O3S. The summed E-state index contributed by atoms with van der Waals surface area (Å²) >= 11 is 7.48. The maximum absolute atomic E-state index is 13.1. The Bertz CT molecular complexity index is 1290. The Kier molecular flexibility index (Phi) is 7.06. The average molecular weight is 531 g/mol. The summed E-state index contributed by atoms with van der Waals surface area (Å²) in [5.41, 5.74) is 1.94. The lowest BCUT2D eigenvalue weighted by molar-refractivity contribution is 0.0471. The van der Waals surface area contributed by atoms with Crippen molar-refractivity contribution < 1.29 is 14.7 Å². The van der Waals surface area contributed by atoms with Crippen LogP contribution in [0.5, 0.6) is 0 Å². The molecule has 2 amide bonds. The number of carbonyl (C=O) groups excluding carboxylic acids is 2. The summed E-state index contributed by atoms with van der Waals surface area (Å²) in [6.45, 7) is 6.89. The van der Waals surface area contributed by atoms with Gasteiger partial charge in [0.1, 0.15) is 5.69 Å². The van der Waals surface area contributed by atoms with E-state index in [0.717, 1.165) is 41.0 Å². The number of hydrogen-bond acceptors (Lipinski definition) is 7. The topological polar surface area (TPSA) is 122 Å². The Hall–Kier alpha value is -2.50. The number of aliphatic hydroxyl groups excluding tert-OH is 1. The number of piperidine rings is 1. The molecule has 0 saturated carbocycles. The number of benzene rings is 1. The Morgan fingerprint density at radius 2 is 2.06 bits per heavy atom. The summed E-state index contributed by atoms with van der Waals surface area (Å²) in [5, 5.41) is 21.1. The number of hydrogen-bond donors (Lipinski definition) is 5. The van der Waals surface area contributed by atoms with Crippen LogP contribution >= 0.6 is 22.9 Å². The van der Waals surface area contributed by atoms with Crippen LogP contribution in [0.4, 0.5) is 0 Å². The first-order valence-corrected chi connectivity index (χ1v) is 13.4. The molecule has 2 aliphatic heterocycles. The number of aromatic nitrogens is 2. The molecule has 1 fully saturated rings. The Morgan fingerprint density at radius 3 is 2.86 bits per heavy atom. The Balaban J connectivity index is 1.25. The number of fused-ring (bicyclic) bond motifs is 2. The van der Waals surface area contributed by atoms with Crippen molar-refractivity contribution in [2.24, 2.45) is 0 Å². The SMILES string of the molecule is CC(C)(CO)N1CCc2nc(C(=O)N[C@@H]3CNCC[C@@H]3NC(=O)c3cc4cc(Cl)ccc4[nH]3)sc2C1. The lowest BCUT2D eigenvalue weighted by atomic mass is 10.0. The van der Waals surface area contributed by atoms with Gasteiger partial charge in [0, 0.05) is 52.4 Å². The van der Waals surface area contributed by atoms with Gasteiger partial charge in [0.15, 0.2) is 5.01 Å². The maximum atomic E-state index is 13.1. The minimum atomic E-state index is -0.319. The molecule has 2 atom stereocenters. The average Bonchev–Trinajstić information content (AvgIpc) is 3.48. The molecular weight excluding hydrogens is 500 g/mol. The first kappa shape index (κ1) is 25.2. The molecule has 1 aromatic carbocycles. The molecule has 0 unspecified atom stereocenters. The molecule has 5 rings (SSSR count). The smallest absolute Gasteiger partial charge is 0.280 e. The van der Waals surface area contributed by atoms with Gasteiger partial charge in [0.05, 0.1) is 24.4 Å². The summed E-state index contributed by atoms with van der Waals surface area (Å²) in [6.07, 6.45) is 1.45. The Labute approximate surface area is 218 Å². The number of amides is 2. The third kappa shape index (κ3) is 5.14. The zero-order valence-corrected chi connectivity index (χ0v) is 21.9. The number of thiazole rings is 1. The molecule has 4 heterocycles. The van der Waals surface area contributed by atoms with Gasteiger partial charge >= 0.3 is 0 Å². The van der Waals surface area contributed by atoms with E-state index in [9.17, 15) is 14.7 Å². The third-order valence-corrected chi connectivity index (χ3v) is 8.43. The van der Waals surface area contributed by atoms with Crippen LogP contribution in [0, 0.1) is 0 Å². The molecule has 0 spiro atoms. The van der Waals surface area contributed by atoms with E-state index >= 15 is 0 Å². The third-order valence-electron chi connectivity index (χ3n) is 7.11. The quantitative estimate of drug-likeness (QED) is 0.333. The van der Waals surface area contributed by atoms with Crippen LogP contribution in [-0.4, -0.2) is 75.7 Å². The predicted molar refractivity (Wildman–Crippen MR) is 141 cm³/mol. The molecule has 0 aliphatic carbocycles. The largest absolute Gasteiger partial charge is 0.394 e. The van der Waals surface area contributed by atoms with Crippen LogP contribution in [0.2, 0.25) is 5.02 Å². The van der Waals surface area contributed by atoms with Gasteiger partial charge in [-0.1, -0.05) is 11.6 Å². The molecule has 1 saturated heterocycles. The molecule has 11 heteroatoms. The monoisotopic (exact) mass is 530 g/mol. The highest BCUT2D eigenvalue weighted by molar-refractivity contribution is 7.13. The number of halogens is 1. The van der Waals surface area contributed by atoms with E-state index in [2.05, 4.69) is 30.8 Å². The van der Waals surface area contributed by atoms with E-state index in [-0.39, 0.29) is 36.0 Å². The number of aromatic amines is 1. The van der Waals surface area contributed by atoms with E-state index < -0.39 is 0 Å². The normalized spacial score (nSPS) is 20.8. The Morgan fingerprint density at radius 1 is 1.25 bits per heavy atom. The van der Waals surface area contributed by atoms with Crippen molar-refractivity contribution in [3.63, 3.8) is 0 Å². The number of rotatable bonds is 6. The molecule has 0 radical (unpaired) electrons. The lowest BCUT2D eigenvalue weighted by Gasteiger charge is -2.39. The number of nitrogens with zero attached hydrogens (tertiary/aromatic N) is 2. The van der Waals surface area contributed by atoms with E-state index in [4.69, 9.17) is 11.6 Å². The highest BCUT2D eigenvalue weighted by atomic mass is 35.5. The lowest BCUT2D eigenvalue weighted by Crippen LogP contribution is -2.59. The fourth-order valence-corrected chi connectivity index (χ4v) is 6.00. The van der Waals surface area contributed by atoms with Crippen molar-refractivity contribution >= 4 is 45.7 Å². The van der Waals surface area contributed by atoms with Gasteiger partial charge in [0.2, 0.25) is 0 Å². The van der Waals surface area contributed by atoms with Gasteiger partial charge in [-0.05, 0) is 51.1 Å². The van der Waals surface area contributed by atoms with Gasteiger partial charge in [-0.15, -0.1) is 11.3 Å². The predicted octanol–water partition coefficient (Wildman–Crippen LogP) is 2.30. The van der Waals surface area contributed by atoms with Crippen LogP contribution in [0.15, 0.2) is 24.3 Å². The molecule has 3 aromatic rings. The van der Waals surface area contributed by atoms with Crippen molar-refractivity contribution in [3.8, 4) is 0 Å². The second-order valence-corrected chi connectivity index (χ2v) is 11.6. The van der Waals surface area contributed by atoms with Crippen LogP contribution in [0.3, 0.4) is 0 Å². The summed E-state index contributed by atoms with van der Waals surface area (Å²) in [4.78, 5) is 37.2. The van der Waals surface area contributed by atoms with Crippen LogP contribution < -0.4 is 16.0 Å². The zero-order valence-electron chi connectivity index (χ0n) is 20.4. The van der Waals surface area contributed by atoms with E-state index in [1.165, 1.54) is 11.3 Å². The molecule has 36 heavy (non-hydrogen) atoms. The molecule has 2 aliphatic rings. The molecule has 2 aromatic heterocycles. The highest BCUT2D eigenvalue weighted by Gasteiger charge is 2.33. The van der Waals surface area contributed by atoms with Crippen molar-refractivity contribution in [2.75, 3.05) is 26.2 Å². The first-order chi connectivity index (χ1) is 17.2. The second-order valence-electron chi connectivity index (χ2n) is 10.1. The van der Waals surface area contributed by atoms with E-state index in [0.29, 0.717) is 35.2 Å². The minimum absolute atomic E-state index is 0.0720. The van der Waals surface area contributed by atoms with Gasteiger partial charge in [-0.3, -0.25) is 14.5 Å². The number of carbonyl (C=O) groups is 2. The van der Waals surface area contributed by atoms with Crippen molar-refractivity contribution in [3.05, 3.63) is 50.6 Å². The van der Waals surface area contributed by atoms with Gasteiger partial charge in [-0.25, -0.2) is 4.98 Å². The molecule has 0 bridgehead atoms. The van der Waals surface area contributed by atoms with Crippen molar-refractivity contribution in [1.29, 1.82) is 0 Å².